The fourth-order valence-electron chi connectivity index (χ4n) is 2.71. The summed E-state index contributed by atoms with van der Waals surface area (Å²) in [6.07, 6.45) is 7.76. The van der Waals surface area contributed by atoms with Crippen molar-refractivity contribution in [2.45, 2.75) is 52.6 Å². The third kappa shape index (κ3) is 6.61. The van der Waals surface area contributed by atoms with Crippen LogP contribution in [0.15, 0.2) is 41.2 Å². The van der Waals surface area contributed by atoms with E-state index in [1.54, 1.807) is 0 Å². The van der Waals surface area contributed by atoms with E-state index >= 15 is 0 Å². The van der Waals surface area contributed by atoms with E-state index in [4.69, 9.17) is 9.47 Å². The van der Waals surface area contributed by atoms with E-state index in [9.17, 15) is 4.79 Å². The monoisotopic (exact) mass is 344 g/mol. The van der Waals surface area contributed by atoms with Crippen molar-refractivity contribution in [2.75, 3.05) is 18.1 Å². The van der Waals surface area contributed by atoms with Crippen molar-refractivity contribution >= 4 is 17.9 Å². The van der Waals surface area contributed by atoms with Crippen LogP contribution in [0.2, 0.25) is 0 Å². The number of benzene rings is 1. The van der Waals surface area contributed by atoms with Gasteiger partial charge in [-0.25, -0.2) is 0 Å². The Hall–Kier alpha value is -2.30. The number of hydrogen-bond donors (Lipinski definition) is 0. The number of rotatable bonds is 9. The van der Waals surface area contributed by atoms with Crippen molar-refractivity contribution in [1.82, 2.24) is 0 Å². The lowest BCUT2D eigenvalue weighted by Gasteiger charge is -2.24. The highest BCUT2D eigenvalue weighted by Gasteiger charge is 2.13. The maximum atomic E-state index is 11.0. The molecule has 1 unspecified atom stereocenters. The number of ether oxygens (including phenoxy) is 2. The number of unbranched alkanes of at least 4 members (excludes halogenated alkanes) is 2. The van der Waals surface area contributed by atoms with E-state index in [2.05, 4.69) is 28.9 Å². The number of carbonyl (C=O) groups excluding carboxylic acids is 1. The highest BCUT2D eigenvalue weighted by atomic mass is 16.5. The van der Waals surface area contributed by atoms with Crippen LogP contribution < -0.4 is 9.64 Å². The fraction of sp³-hybridized carbons (Fsp3) is 0.500. The van der Waals surface area contributed by atoms with E-state index < -0.39 is 0 Å². The van der Waals surface area contributed by atoms with Crippen molar-refractivity contribution in [1.29, 1.82) is 0 Å². The zero-order valence-electron chi connectivity index (χ0n) is 15.4. The lowest BCUT2D eigenvalue weighted by molar-refractivity contribution is -0.145. The summed E-state index contributed by atoms with van der Waals surface area (Å²) in [7, 11) is 0. The molecule has 1 aromatic rings. The quantitative estimate of drug-likeness (QED) is 0.494. The summed E-state index contributed by atoms with van der Waals surface area (Å²) in [5.41, 5.74) is 1.96. The summed E-state index contributed by atoms with van der Waals surface area (Å²) < 4.78 is 11.0. The summed E-state index contributed by atoms with van der Waals surface area (Å²) in [5.74, 6) is 0.622. The number of aliphatic imine (C=N–C) groups is 1. The lowest BCUT2D eigenvalue weighted by Crippen LogP contribution is -2.23. The summed E-state index contributed by atoms with van der Waals surface area (Å²) >= 11 is 0. The normalized spacial score (nSPS) is 14.8. The third-order valence-electron chi connectivity index (χ3n) is 3.87. The summed E-state index contributed by atoms with van der Waals surface area (Å²) in [5, 5.41) is 0. The zero-order valence-corrected chi connectivity index (χ0v) is 15.4. The maximum Gasteiger partial charge on any atom is 0.302 e. The van der Waals surface area contributed by atoms with Gasteiger partial charge in [-0.2, -0.15) is 0 Å². The number of esters is 1. The Kier molecular flexibility index (Phi) is 7.51. The molecule has 0 radical (unpaired) electrons. The molecule has 1 aliphatic heterocycles. The van der Waals surface area contributed by atoms with E-state index in [0.717, 1.165) is 30.2 Å². The van der Waals surface area contributed by atoms with Gasteiger partial charge >= 0.3 is 5.97 Å². The summed E-state index contributed by atoms with van der Waals surface area (Å²) in [4.78, 5) is 17.6. The van der Waals surface area contributed by atoms with Crippen molar-refractivity contribution in [3.63, 3.8) is 0 Å². The first kappa shape index (κ1) is 19.0. The Morgan fingerprint density at radius 1 is 1.36 bits per heavy atom. The highest BCUT2D eigenvalue weighted by molar-refractivity contribution is 5.71. The van der Waals surface area contributed by atoms with Crippen LogP contribution in [-0.4, -0.2) is 31.4 Å². The molecule has 0 aliphatic carbocycles. The van der Waals surface area contributed by atoms with Gasteiger partial charge in [-0.1, -0.05) is 25.8 Å². The van der Waals surface area contributed by atoms with Gasteiger partial charge in [-0.3, -0.25) is 9.79 Å². The third-order valence-corrected chi connectivity index (χ3v) is 3.87. The van der Waals surface area contributed by atoms with Gasteiger partial charge < -0.3 is 14.4 Å². The molecule has 25 heavy (non-hydrogen) atoms. The van der Waals surface area contributed by atoms with Crippen LogP contribution in [0.5, 0.6) is 5.75 Å². The Morgan fingerprint density at radius 3 is 2.96 bits per heavy atom. The van der Waals surface area contributed by atoms with Gasteiger partial charge in [0.1, 0.15) is 11.9 Å². The molecule has 1 heterocycles. The van der Waals surface area contributed by atoms with Crippen LogP contribution >= 0.6 is 0 Å². The molecule has 5 nitrogen and oxygen atoms in total. The maximum absolute atomic E-state index is 11.0. The van der Waals surface area contributed by atoms with E-state index in [1.165, 1.54) is 19.8 Å². The highest BCUT2D eigenvalue weighted by Crippen LogP contribution is 2.24. The molecule has 0 fully saturated rings. The minimum Gasteiger partial charge on any atom is -0.494 e. The minimum atomic E-state index is -0.266. The molecule has 2 rings (SSSR count). The number of carbonyl (C=O) groups is 1. The fourth-order valence-corrected chi connectivity index (χ4v) is 2.71. The van der Waals surface area contributed by atoms with E-state index in [-0.39, 0.29) is 12.1 Å². The van der Waals surface area contributed by atoms with Gasteiger partial charge in [0, 0.05) is 37.5 Å². The van der Waals surface area contributed by atoms with Crippen LogP contribution in [0.3, 0.4) is 0 Å². The first-order valence-corrected chi connectivity index (χ1v) is 8.98. The topological polar surface area (TPSA) is 51.1 Å². The summed E-state index contributed by atoms with van der Waals surface area (Å²) in [6, 6.07) is 8.10. The Labute approximate surface area is 150 Å². The lowest BCUT2D eigenvalue weighted by atomic mass is 10.2. The van der Waals surface area contributed by atoms with Gasteiger partial charge in [0.15, 0.2) is 0 Å². The predicted molar refractivity (Wildman–Crippen MR) is 101 cm³/mol. The molecule has 0 spiro atoms. The van der Waals surface area contributed by atoms with Crippen LogP contribution in [0.1, 0.15) is 46.5 Å². The van der Waals surface area contributed by atoms with Crippen molar-refractivity contribution < 1.29 is 14.3 Å². The number of anilines is 1. The molecule has 0 saturated carbocycles. The molecular weight excluding hydrogens is 316 g/mol. The average Bonchev–Trinajstić information content (AvgIpc) is 2.58. The average molecular weight is 344 g/mol. The minimum absolute atomic E-state index is 0.186. The first-order chi connectivity index (χ1) is 12.1. The van der Waals surface area contributed by atoms with Crippen LogP contribution in [0.25, 0.3) is 0 Å². The van der Waals surface area contributed by atoms with Crippen LogP contribution in [0, 0.1) is 0 Å². The molecule has 1 aromatic carbocycles. The van der Waals surface area contributed by atoms with Gasteiger partial charge in [-0.05, 0) is 25.5 Å². The number of hydrogen-bond acceptors (Lipinski definition) is 5. The smallest absolute Gasteiger partial charge is 0.302 e. The molecule has 0 saturated heterocycles. The SMILES string of the molecule is CCCCCOc1cccc(N2C=C(CC(C)OC(C)=O)N=CC2)c1. The Balaban J connectivity index is 1.98. The molecule has 5 heteroatoms. The van der Waals surface area contributed by atoms with E-state index in [0.29, 0.717) is 13.0 Å². The van der Waals surface area contributed by atoms with Crippen molar-refractivity contribution in [2.24, 2.45) is 4.99 Å². The molecule has 136 valence electrons. The largest absolute Gasteiger partial charge is 0.494 e. The second kappa shape index (κ2) is 9.87. The second-order valence-corrected chi connectivity index (χ2v) is 6.26. The van der Waals surface area contributed by atoms with Crippen molar-refractivity contribution in [3.8, 4) is 5.75 Å². The Bertz CT molecular complexity index is 625. The van der Waals surface area contributed by atoms with Crippen LogP contribution in [-0.2, 0) is 9.53 Å². The van der Waals surface area contributed by atoms with Gasteiger partial charge in [0.05, 0.1) is 18.8 Å². The molecular formula is C20H28N2O3. The predicted octanol–water partition coefficient (Wildman–Crippen LogP) is 4.33. The summed E-state index contributed by atoms with van der Waals surface area (Å²) in [6.45, 7) is 6.95. The molecule has 1 atom stereocenters. The van der Waals surface area contributed by atoms with Gasteiger partial charge in [-0.15, -0.1) is 0 Å². The Morgan fingerprint density at radius 2 is 2.20 bits per heavy atom. The molecule has 0 amide bonds. The van der Waals surface area contributed by atoms with Gasteiger partial charge in [0.2, 0.25) is 0 Å². The second-order valence-electron chi connectivity index (χ2n) is 6.26. The van der Waals surface area contributed by atoms with Crippen LogP contribution in [0.4, 0.5) is 5.69 Å². The zero-order chi connectivity index (χ0) is 18.1. The molecule has 0 N–H and O–H groups in total. The molecule has 0 aromatic heterocycles. The van der Waals surface area contributed by atoms with Gasteiger partial charge in [0.25, 0.3) is 0 Å². The van der Waals surface area contributed by atoms with Crippen molar-refractivity contribution in [3.05, 3.63) is 36.2 Å². The van der Waals surface area contributed by atoms with E-state index in [1.807, 2.05) is 31.5 Å². The number of nitrogens with zero attached hydrogens (tertiary/aromatic N) is 2. The molecule has 0 bridgehead atoms. The molecule has 1 aliphatic rings. The first-order valence-electron chi connectivity index (χ1n) is 8.98. The standard InChI is InChI=1S/C20H28N2O3/c1-4-5-6-12-24-20-9-7-8-19(14-20)22-11-10-21-18(15-22)13-16(2)25-17(3)23/h7-10,14-16H,4-6,11-13H2,1-3H3.